The van der Waals surface area contributed by atoms with Crippen LogP contribution >= 0.6 is 0 Å². The van der Waals surface area contributed by atoms with Crippen molar-refractivity contribution in [2.45, 2.75) is 20.0 Å². The summed E-state index contributed by atoms with van der Waals surface area (Å²) in [6.07, 6.45) is -0.323. The second-order valence-corrected chi connectivity index (χ2v) is 5.26. The summed E-state index contributed by atoms with van der Waals surface area (Å²) in [5.74, 6) is 2.54. The number of benzene rings is 2. The molecule has 0 aliphatic carbocycles. The van der Waals surface area contributed by atoms with E-state index in [0.29, 0.717) is 11.7 Å². The molecule has 0 amide bonds. The van der Waals surface area contributed by atoms with E-state index in [0.717, 1.165) is 22.6 Å². The van der Waals surface area contributed by atoms with E-state index >= 15 is 0 Å². The average molecular weight is 310 g/mol. The van der Waals surface area contributed by atoms with Gasteiger partial charge in [0.05, 0.1) is 7.11 Å². The van der Waals surface area contributed by atoms with Crippen molar-refractivity contribution in [2.75, 3.05) is 7.11 Å². The number of aromatic nitrogens is 2. The molecular formula is C18H18N2O3. The van der Waals surface area contributed by atoms with Gasteiger partial charge in [0.15, 0.2) is 6.10 Å². The highest BCUT2D eigenvalue weighted by molar-refractivity contribution is 5.55. The summed E-state index contributed by atoms with van der Waals surface area (Å²) in [6.45, 7) is 3.90. The molecule has 0 aliphatic heterocycles. The van der Waals surface area contributed by atoms with Crippen molar-refractivity contribution in [1.82, 2.24) is 10.1 Å². The molecule has 0 radical (unpaired) electrons. The molecule has 3 rings (SSSR count). The van der Waals surface area contributed by atoms with E-state index in [4.69, 9.17) is 14.0 Å². The normalized spacial score (nSPS) is 12.0. The molecule has 2 aromatic carbocycles. The number of ether oxygens (including phenoxy) is 2. The molecule has 1 heterocycles. The number of hydrogen-bond acceptors (Lipinski definition) is 5. The zero-order valence-corrected chi connectivity index (χ0v) is 13.3. The number of nitrogens with zero attached hydrogens (tertiary/aromatic N) is 2. The SMILES string of the molecule is COc1ccc(-c2noc([C@@H](C)Oc3cccc(C)c3)n2)cc1. The lowest BCUT2D eigenvalue weighted by molar-refractivity contribution is 0.175. The molecule has 1 atom stereocenters. The fraction of sp³-hybridized carbons (Fsp3) is 0.222. The van der Waals surface area contributed by atoms with Gasteiger partial charge in [0.25, 0.3) is 5.89 Å². The highest BCUT2D eigenvalue weighted by atomic mass is 16.5. The monoisotopic (exact) mass is 310 g/mol. The van der Waals surface area contributed by atoms with Crippen molar-refractivity contribution in [3.05, 3.63) is 60.0 Å². The van der Waals surface area contributed by atoms with Crippen LogP contribution in [0.3, 0.4) is 0 Å². The summed E-state index contributed by atoms with van der Waals surface area (Å²) in [4.78, 5) is 4.41. The zero-order chi connectivity index (χ0) is 16.2. The van der Waals surface area contributed by atoms with Gasteiger partial charge >= 0.3 is 0 Å². The highest BCUT2D eigenvalue weighted by Crippen LogP contribution is 2.24. The van der Waals surface area contributed by atoms with Gasteiger partial charge < -0.3 is 14.0 Å². The molecule has 118 valence electrons. The average Bonchev–Trinajstić information content (AvgIpc) is 3.05. The van der Waals surface area contributed by atoms with Gasteiger partial charge in [-0.05, 0) is 55.8 Å². The summed E-state index contributed by atoms with van der Waals surface area (Å²) >= 11 is 0. The first-order chi connectivity index (χ1) is 11.2. The summed E-state index contributed by atoms with van der Waals surface area (Å²) < 4.78 is 16.3. The van der Waals surface area contributed by atoms with Crippen molar-refractivity contribution < 1.29 is 14.0 Å². The standard InChI is InChI=1S/C18H18N2O3/c1-12-5-4-6-16(11-12)22-13(2)18-19-17(20-23-18)14-7-9-15(21-3)10-8-14/h4-11,13H,1-3H3/t13-/m1/s1. The van der Waals surface area contributed by atoms with E-state index in [2.05, 4.69) is 10.1 Å². The Hall–Kier alpha value is -2.82. The Morgan fingerprint density at radius 2 is 1.83 bits per heavy atom. The minimum absolute atomic E-state index is 0.323. The van der Waals surface area contributed by atoms with Crippen LogP contribution in [-0.4, -0.2) is 17.3 Å². The minimum atomic E-state index is -0.323. The van der Waals surface area contributed by atoms with Crippen LogP contribution < -0.4 is 9.47 Å². The lowest BCUT2D eigenvalue weighted by Crippen LogP contribution is -2.03. The zero-order valence-electron chi connectivity index (χ0n) is 13.3. The summed E-state index contributed by atoms with van der Waals surface area (Å²) in [7, 11) is 1.63. The van der Waals surface area contributed by atoms with Crippen molar-refractivity contribution in [3.63, 3.8) is 0 Å². The molecule has 3 aromatic rings. The molecule has 5 heteroatoms. The van der Waals surface area contributed by atoms with E-state index in [1.807, 2.05) is 62.4 Å². The molecule has 0 fully saturated rings. The Labute approximate surface area is 134 Å². The maximum absolute atomic E-state index is 5.85. The molecule has 0 saturated carbocycles. The van der Waals surface area contributed by atoms with Gasteiger partial charge in [0.2, 0.25) is 5.82 Å². The van der Waals surface area contributed by atoms with Crippen molar-refractivity contribution in [1.29, 1.82) is 0 Å². The van der Waals surface area contributed by atoms with Crippen molar-refractivity contribution >= 4 is 0 Å². The molecule has 0 saturated heterocycles. The molecule has 1 aromatic heterocycles. The quantitative estimate of drug-likeness (QED) is 0.707. The predicted molar refractivity (Wildman–Crippen MR) is 86.5 cm³/mol. The Morgan fingerprint density at radius 1 is 1.04 bits per heavy atom. The van der Waals surface area contributed by atoms with Gasteiger partial charge in [-0.1, -0.05) is 17.3 Å². The van der Waals surface area contributed by atoms with E-state index in [9.17, 15) is 0 Å². The third kappa shape index (κ3) is 3.51. The second kappa shape index (κ2) is 6.52. The Morgan fingerprint density at radius 3 is 2.52 bits per heavy atom. The van der Waals surface area contributed by atoms with Gasteiger partial charge in [-0.3, -0.25) is 0 Å². The number of aryl methyl sites for hydroxylation is 1. The summed E-state index contributed by atoms with van der Waals surface area (Å²) in [6, 6.07) is 15.3. The van der Waals surface area contributed by atoms with E-state index < -0.39 is 0 Å². The lowest BCUT2D eigenvalue weighted by Gasteiger charge is -2.10. The van der Waals surface area contributed by atoms with Gasteiger partial charge in [0, 0.05) is 5.56 Å². The fourth-order valence-corrected chi connectivity index (χ4v) is 2.20. The molecule has 23 heavy (non-hydrogen) atoms. The third-order valence-electron chi connectivity index (χ3n) is 3.44. The van der Waals surface area contributed by atoms with Gasteiger partial charge in [-0.2, -0.15) is 4.98 Å². The number of hydrogen-bond donors (Lipinski definition) is 0. The molecule has 0 unspecified atom stereocenters. The van der Waals surface area contributed by atoms with Crippen LogP contribution in [0.25, 0.3) is 11.4 Å². The Kier molecular flexibility index (Phi) is 4.28. The van der Waals surface area contributed by atoms with Crippen LogP contribution in [0.4, 0.5) is 0 Å². The second-order valence-electron chi connectivity index (χ2n) is 5.26. The first-order valence-corrected chi connectivity index (χ1v) is 7.37. The Balaban J connectivity index is 1.75. The van der Waals surface area contributed by atoms with Gasteiger partial charge in [0.1, 0.15) is 11.5 Å². The van der Waals surface area contributed by atoms with Crippen LogP contribution in [0.1, 0.15) is 24.5 Å². The van der Waals surface area contributed by atoms with E-state index in [1.165, 1.54) is 0 Å². The van der Waals surface area contributed by atoms with Gasteiger partial charge in [-0.15, -0.1) is 0 Å². The van der Waals surface area contributed by atoms with Crippen LogP contribution in [0.15, 0.2) is 53.1 Å². The first-order valence-electron chi connectivity index (χ1n) is 7.37. The van der Waals surface area contributed by atoms with Crippen LogP contribution in [0.2, 0.25) is 0 Å². The van der Waals surface area contributed by atoms with Crippen molar-refractivity contribution in [3.8, 4) is 22.9 Å². The number of rotatable bonds is 5. The first kappa shape index (κ1) is 15.1. The highest BCUT2D eigenvalue weighted by Gasteiger charge is 2.17. The van der Waals surface area contributed by atoms with Crippen molar-refractivity contribution in [2.24, 2.45) is 0 Å². The van der Waals surface area contributed by atoms with Gasteiger partial charge in [-0.25, -0.2) is 0 Å². The Bertz CT molecular complexity index is 781. The minimum Gasteiger partial charge on any atom is -0.497 e. The van der Waals surface area contributed by atoms with Crippen LogP contribution in [0.5, 0.6) is 11.5 Å². The van der Waals surface area contributed by atoms with E-state index in [-0.39, 0.29) is 6.10 Å². The topological polar surface area (TPSA) is 57.4 Å². The molecule has 5 nitrogen and oxygen atoms in total. The maximum atomic E-state index is 5.85. The molecule has 0 bridgehead atoms. The predicted octanol–water partition coefficient (Wildman–Crippen LogP) is 4.19. The van der Waals surface area contributed by atoms with Crippen LogP contribution in [-0.2, 0) is 0 Å². The third-order valence-corrected chi connectivity index (χ3v) is 3.44. The number of methoxy groups -OCH3 is 1. The maximum Gasteiger partial charge on any atom is 0.267 e. The van der Waals surface area contributed by atoms with Crippen LogP contribution in [0, 0.1) is 6.92 Å². The summed E-state index contributed by atoms with van der Waals surface area (Å²) in [5, 5.41) is 4.02. The molecular weight excluding hydrogens is 292 g/mol. The fourth-order valence-electron chi connectivity index (χ4n) is 2.20. The smallest absolute Gasteiger partial charge is 0.267 e. The molecule has 0 N–H and O–H groups in total. The molecule has 0 spiro atoms. The largest absolute Gasteiger partial charge is 0.497 e. The molecule has 0 aliphatic rings. The lowest BCUT2D eigenvalue weighted by atomic mass is 10.2. The van der Waals surface area contributed by atoms with E-state index in [1.54, 1.807) is 7.11 Å². The summed E-state index contributed by atoms with van der Waals surface area (Å²) in [5.41, 5.74) is 2.00.